The van der Waals surface area contributed by atoms with Crippen molar-refractivity contribution in [2.24, 2.45) is 11.5 Å². The highest BCUT2D eigenvalue weighted by molar-refractivity contribution is 5.91. The largest absolute Gasteiger partial charge is 0.374 e. The zero-order valence-corrected chi connectivity index (χ0v) is 8.81. The molecule has 15 heavy (non-hydrogen) atoms. The molecule has 82 valence electrons. The number of carbonyl (C=O) groups excluding carboxylic acids is 1. The van der Waals surface area contributed by atoms with Gasteiger partial charge in [0.1, 0.15) is 5.69 Å². The van der Waals surface area contributed by atoms with Crippen LogP contribution in [0.4, 0.5) is 5.69 Å². The molecule has 4 N–H and O–H groups in total. The lowest BCUT2D eigenvalue weighted by molar-refractivity contribution is 0.0995. The van der Waals surface area contributed by atoms with Gasteiger partial charge in [-0.3, -0.25) is 9.78 Å². The van der Waals surface area contributed by atoms with Gasteiger partial charge in [0.2, 0.25) is 0 Å². The molecular formula is C10H16N4O. The van der Waals surface area contributed by atoms with E-state index in [9.17, 15) is 4.79 Å². The van der Waals surface area contributed by atoms with Crippen LogP contribution in [0.5, 0.6) is 0 Å². The normalized spacial score (nSPS) is 10.0. The minimum Gasteiger partial charge on any atom is -0.374 e. The molecule has 0 aliphatic heterocycles. The molecule has 1 amide bonds. The number of hydrogen-bond donors (Lipinski definition) is 2. The second kappa shape index (κ2) is 5.31. The second-order valence-corrected chi connectivity index (χ2v) is 3.33. The monoisotopic (exact) mass is 208 g/mol. The SMILES string of the molecule is CN(CCCN)c1ccnc(C(N)=O)c1. The highest BCUT2D eigenvalue weighted by Crippen LogP contribution is 2.12. The van der Waals surface area contributed by atoms with Crippen molar-refractivity contribution < 1.29 is 4.79 Å². The number of nitrogens with zero attached hydrogens (tertiary/aromatic N) is 2. The van der Waals surface area contributed by atoms with E-state index in [-0.39, 0.29) is 5.69 Å². The molecule has 0 atom stereocenters. The van der Waals surface area contributed by atoms with E-state index < -0.39 is 5.91 Å². The average molecular weight is 208 g/mol. The summed E-state index contributed by atoms with van der Waals surface area (Å²) in [5.74, 6) is -0.510. The van der Waals surface area contributed by atoms with Crippen molar-refractivity contribution in [1.29, 1.82) is 0 Å². The van der Waals surface area contributed by atoms with Gasteiger partial charge in [-0.1, -0.05) is 0 Å². The second-order valence-electron chi connectivity index (χ2n) is 3.33. The van der Waals surface area contributed by atoms with Crippen molar-refractivity contribution in [3.63, 3.8) is 0 Å². The molecule has 1 rings (SSSR count). The van der Waals surface area contributed by atoms with Crippen LogP contribution in [-0.2, 0) is 0 Å². The molecule has 5 nitrogen and oxygen atoms in total. The van der Waals surface area contributed by atoms with Crippen molar-refractivity contribution in [2.45, 2.75) is 6.42 Å². The highest BCUT2D eigenvalue weighted by Gasteiger charge is 2.05. The Hall–Kier alpha value is -1.62. The maximum atomic E-state index is 10.9. The number of rotatable bonds is 5. The molecule has 5 heteroatoms. The molecule has 0 bridgehead atoms. The van der Waals surface area contributed by atoms with Crippen molar-refractivity contribution in [3.05, 3.63) is 24.0 Å². The Morgan fingerprint density at radius 3 is 2.93 bits per heavy atom. The first-order valence-electron chi connectivity index (χ1n) is 4.82. The molecule has 0 aliphatic carbocycles. The van der Waals surface area contributed by atoms with E-state index in [2.05, 4.69) is 4.98 Å². The van der Waals surface area contributed by atoms with Gasteiger partial charge in [0.25, 0.3) is 5.91 Å². The van der Waals surface area contributed by atoms with Crippen molar-refractivity contribution in [1.82, 2.24) is 4.98 Å². The van der Waals surface area contributed by atoms with Gasteiger partial charge in [-0.05, 0) is 25.1 Å². The van der Waals surface area contributed by atoms with Crippen LogP contribution < -0.4 is 16.4 Å². The van der Waals surface area contributed by atoms with Crippen molar-refractivity contribution in [3.8, 4) is 0 Å². The summed E-state index contributed by atoms with van der Waals surface area (Å²) in [5, 5.41) is 0. The number of amides is 1. The maximum absolute atomic E-state index is 10.9. The zero-order valence-electron chi connectivity index (χ0n) is 8.81. The molecule has 0 saturated heterocycles. The number of anilines is 1. The summed E-state index contributed by atoms with van der Waals surface area (Å²) in [6.07, 6.45) is 2.49. The number of primary amides is 1. The summed E-state index contributed by atoms with van der Waals surface area (Å²) >= 11 is 0. The molecule has 0 unspecified atom stereocenters. The number of aromatic nitrogens is 1. The van der Waals surface area contributed by atoms with Gasteiger partial charge in [-0.15, -0.1) is 0 Å². The molecule has 0 aromatic carbocycles. The van der Waals surface area contributed by atoms with Crippen LogP contribution in [-0.4, -0.2) is 31.0 Å². The third-order valence-electron chi connectivity index (χ3n) is 2.13. The predicted molar refractivity (Wildman–Crippen MR) is 59.7 cm³/mol. The Labute approximate surface area is 89.1 Å². The van der Waals surface area contributed by atoms with Crippen molar-refractivity contribution in [2.75, 3.05) is 25.0 Å². The summed E-state index contributed by atoms with van der Waals surface area (Å²) in [4.78, 5) is 16.8. The molecule has 0 radical (unpaired) electrons. The van der Waals surface area contributed by atoms with Gasteiger partial charge in [0, 0.05) is 25.5 Å². The maximum Gasteiger partial charge on any atom is 0.267 e. The van der Waals surface area contributed by atoms with Crippen LogP contribution in [0.25, 0.3) is 0 Å². The van der Waals surface area contributed by atoms with Gasteiger partial charge in [-0.2, -0.15) is 0 Å². The third-order valence-corrected chi connectivity index (χ3v) is 2.13. The lowest BCUT2D eigenvalue weighted by Gasteiger charge is -2.18. The third kappa shape index (κ3) is 3.21. The van der Waals surface area contributed by atoms with Gasteiger partial charge in [0.15, 0.2) is 0 Å². The number of nitrogens with two attached hydrogens (primary N) is 2. The molecule has 0 spiro atoms. The fraction of sp³-hybridized carbons (Fsp3) is 0.400. The minimum absolute atomic E-state index is 0.284. The molecule has 1 aromatic rings. The quantitative estimate of drug-likeness (QED) is 0.711. The topological polar surface area (TPSA) is 85.2 Å². The lowest BCUT2D eigenvalue weighted by Crippen LogP contribution is -2.22. The lowest BCUT2D eigenvalue weighted by atomic mass is 10.2. The smallest absolute Gasteiger partial charge is 0.267 e. The molecule has 1 heterocycles. The van der Waals surface area contributed by atoms with Crippen LogP contribution in [0.1, 0.15) is 16.9 Å². The summed E-state index contributed by atoms with van der Waals surface area (Å²) < 4.78 is 0. The standard InChI is InChI=1S/C10H16N4O/c1-14(6-2-4-11)8-3-5-13-9(7-8)10(12)15/h3,5,7H,2,4,6,11H2,1H3,(H2,12,15). The van der Waals surface area contributed by atoms with E-state index in [1.807, 2.05) is 18.0 Å². The van der Waals surface area contributed by atoms with Gasteiger partial charge >= 0.3 is 0 Å². The van der Waals surface area contributed by atoms with E-state index >= 15 is 0 Å². The molecule has 1 aromatic heterocycles. The van der Waals surface area contributed by atoms with Gasteiger partial charge in [0.05, 0.1) is 0 Å². The van der Waals surface area contributed by atoms with Crippen molar-refractivity contribution >= 4 is 11.6 Å². The Morgan fingerprint density at radius 1 is 1.60 bits per heavy atom. The Balaban J connectivity index is 2.76. The Morgan fingerprint density at radius 2 is 2.33 bits per heavy atom. The molecule has 0 saturated carbocycles. The van der Waals surface area contributed by atoms with E-state index in [0.717, 1.165) is 18.7 Å². The zero-order chi connectivity index (χ0) is 11.3. The van der Waals surface area contributed by atoms with E-state index in [1.54, 1.807) is 12.3 Å². The van der Waals surface area contributed by atoms with E-state index in [4.69, 9.17) is 11.5 Å². The summed E-state index contributed by atoms with van der Waals surface area (Å²) in [7, 11) is 1.94. The Kier molecular flexibility index (Phi) is 4.05. The molecule has 0 fully saturated rings. The molecular weight excluding hydrogens is 192 g/mol. The van der Waals surface area contributed by atoms with E-state index in [1.165, 1.54) is 0 Å². The van der Waals surface area contributed by atoms with Gasteiger partial charge < -0.3 is 16.4 Å². The fourth-order valence-corrected chi connectivity index (χ4v) is 1.25. The fourth-order valence-electron chi connectivity index (χ4n) is 1.25. The van der Waals surface area contributed by atoms with Crippen LogP contribution in [0, 0.1) is 0 Å². The van der Waals surface area contributed by atoms with Crippen LogP contribution >= 0.6 is 0 Å². The number of hydrogen-bond acceptors (Lipinski definition) is 4. The Bertz CT molecular complexity index is 340. The summed E-state index contributed by atoms with van der Waals surface area (Å²) in [5.41, 5.74) is 11.8. The number of carbonyl (C=O) groups is 1. The summed E-state index contributed by atoms with van der Waals surface area (Å²) in [6.45, 7) is 1.50. The first-order chi connectivity index (χ1) is 7.15. The average Bonchev–Trinajstić information content (AvgIpc) is 2.26. The van der Waals surface area contributed by atoms with Crippen LogP contribution in [0.3, 0.4) is 0 Å². The van der Waals surface area contributed by atoms with E-state index in [0.29, 0.717) is 6.54 Å². The minimum atomic E-state index is -0.510. The van der Waals surface area contributed by atoms with Gasteiger partial charge in [-0.25, -0.2) is 0 Å². The molecule has 0 aliphatic rings. The summed E-state index contributed by atoms with van der Waals surface area (Å²) in [6, 6.07) is 3.52. The number of pyridine rings is 1. The predicted octanol–water partition coefficient (Wildman–Crippen LogP) is -0.0345. The first-order valence-corrected chi connectivity index (χ1v) is 4.82. The van der Waals surface area contributed by atoms with Crippen LogP contribution in [0.15, 0.2) is 18.3 Å². The van der Waals surface area contributed by atoms with Crippen LogP contribution in [0.2, 0.25) is 0 Å². The highest BCUT2D eigenvalue weighted by atomic mass is 16.1. The first kappa shape index (κ1) is 11.5.